The number of nitrogens with zero attached hydrogens (tertiary/aromatic N) is 2. The van der Waals surface area contributed by atoms with Crippen molar-refractivity contribution in [3.05, 3.63) is 102 Å². The maximum Gasteiger partial charge on any atom is 0.375 e. The summed E-state index contributed by atoms with van der Waals surface area (Å²) in [7, 11) is 1.52. The molecular formula is C25H23N3O5. The molecule has 0 saturated carbocycles. The largest absolute Gasteiger partial charge is 0.495 e. The van der Waals surface area contributed by atoms with Crippen LogP contribution in [0.2, 0.25) is 0 Å². The number of hydrogen-bond acceptors (Lipinski definition) is 6. The van der Waals surface area contributed by atoms with Crippen LogP contribution in [0.4, 0.5) is 5.69 Å². The summed E-state index contributed by atoms with van der Waals surface area (Å²) in [5.74, 6) is -0.222. The van der Waals surface area contributed by atoms with Crippen LogP contribution in [0.3, 0.4) is 0 Å². The maximum atomic E-state index is 13.2. The first-order valence-electron chi connectivity index (χ1n) is 10.3. The topological polar surface area (TPSA) is 95.6 Å². The van der Waals surface area contributed by atoms with Crippen LogP contribution in [0.5, 0.6) is 5.75 Å². The number of amides is 1. The Morgan fingerprint density at radius 3 is 2.64 bits per heavy atom. The van der Waals surface area contributed by atoms with E-state index in [1.807, 2.05) is 19.1 Å². The molecule has 0 aliphatic carbocycles. The van der Waals surface area contributed by atoms with Crippen molar-refractivity contribution < 1.29 is 23.5 Å². The van der Waals surface area contributed by atoms with Crippen molar-refractivity contribution in [2.24, 2.45) is 0 Å². The molecule has 168 valence electrons. The van der Waals surface area contributed by atoms with Gasteiger partial charge in [-0.3, -0.25) is 9.48 Å². The minimum absolute atomic E-state index is 0.000904. The van der Waals surface area contributed by atoms with Crippen LogP contribution in [0.15, 0.2) is 83.5 Å². The van der Waals surface area contributed by atoms with Gasteiger partial charge >= 0.3 is 5.97 Å². The standard InChI is InChI=1S/C25H23N3O5/c1-17-9-11-21(31-2)20(15-17)27-24(29)23(18-7-4-3-5-8-18)33-25(30)22-12-10-19(32-22)16-28-14-6-13-26-28/h3-15,23H,16H2,1-2H3,(H,27,29). The maximum absolute atomic E-state index is 13.2. The van der Waals surface area contributed by atoms with Gasteiger partial charge in [0.25, 0.3) is 5.91 Å². The van der Waals surface area contributed by atoms with Crippen molar-refractivity contribution in [2.75, 3.05) is 12.4 Å². The van der Waals surface area contributed by atoms with E-state index in [-0.39, 0.29) is 5.76 Å². The fourth-order valence-corrected chi connectivity index (χ4v) is 3.31. The molecule has 2 aromatic heterocycles. The van der Waals surface area contributed by atoms with Gasteiger partial charge in [0.2, 0.25) is 11.9 Å². The number of methoxy groups -OCH3 is 1. The lowest BCUT2D eigenvalue weighted by Crippen LogP contribution is -2.26. The number of rotatable bonds is 8. The molecule has 0 aliphatic rings. The molecule has 2 heterocycles. The normalized spacial score (nSPS) is 11.6. The third-order valence-corrected chi connectivity index (χ3v) is 4.92. The minimum Gasteiger partial charge on any atom is -0.495 e. The lowest BCUT2D eigenvalue weighted by atomic mass is 10.1. The molecule has 1 unspecified atom stereocenters. The molecule has 4 rings (SSSR count). The monoisotopic (exact) mass is 445 g/mol. The van der Waals surface area contributed by atoms with Crippen LogP contribution in [0, 0.1) is 6.92 Å². The summed E-state index contributed by atoms with van der Waals surface area (Å²) >= 11 is 0. The van der Waals surface area contributed by atoms with Crippen molar-refractivity contribution in [3.63, 3.8) is 0 Å². The highest BCUT2D eigenvalue weighted by atomic mass is 16.6. The van der Waals surface area contributed by atoms with Crippen LogP contribution in [0.1, 0.15) is 33.5 Å². The van der Waals surface area contributed by atoms with Crippen LogP contribution in [-0.4, -0.2) is 28.8 Å². The van der Waals surface area contributed by atoms with Crippen LogP contribution in [0.25, 0.3) is 0 Å². The molecule has 1 N–H and O–H groups in total. The highest BCUT2D eigenvalue weighted by molar-refractivity contribution is 5.98. The molecule has 4 aromatic rings. The third kappa shape index (κ3) is 5.30. The molecule has 0 fully saturated rings. The van der Waals surface area contributed by atoms with Crippen LogP contribution < -0.4 is 10.1 Å². The van der Waals surface area contributed by atoms with Gasteiger partial charge in [0, 0.05) is 18.0 Å². The number of hydrogen-bond donors (Lipinski definition) is 1. The summed E-state index contributed by atoms with van der Waals surface area (Å²) in [4.78, 5) is 26.0. The minimum atomic E-state index is -1.19. The van der Waals surface area contributed by atoms with E-state index in [0.717, 1.165) is 5.56 Å². The highest BCUT2D eigenvalue weighted by Gasteiger charge is 2.28. The Balaban J connectivity index is 1.54. The summed E-state index contributed by atoms with van der Waals surface area (Å²) < 4.78 is 18.2. The van der Waals surface area contributed by atoms with Gasteiger partial charge < -0.3 is 19.2 Å². The van der Waals surface area contributed by atoms with Gasteiger partial charge in [0.1, 0.15) is 11.5 Å². The molecule has 0 radical (unpaired) electrons. The Hall–Kier alpha value is -4.33. The zero-order valence-electron chi connectivity index (χ0n) is 18.2. The van der Waals surface area contributed by atoms with Crippen molar-refractivity contribution in [2.45, 2.75) is 19.6 Å². The number of carbonyl (C=O) groups excluding carboxylic acids is 2. The quantitative estimate of drug-likeness (QED) is 0.405. The Labute approximate surface area is 190 Å². The molecule has 1 atom stereocenters. The van der Waals surface area contributed by atoms with E-state index in [1.165, 1.54) is 13.2 Å². The van der Waals surface area contributed by atoms with E-state index in [1.54, 1.807) is 65.6 Å². The van der Waals surface area contributed by atoms with Crippen molar-refractivity contribution >= 4 is 17.6 Å². The summed E-state index contributed by atoms with van der Waals surface area (Å²) in [6.07, 6.45) is 2.25. The first-order valence-corrected chi connectivity index (χ1v) is 10.3. The highest BCUT2D eigenvalue weighted by Crippen LogP contribution is 2.28. The van der Waals surface area contributed by atoms with Crippen molar-refractivity contribution in [3.8, 4) is 5.75 Å². The molecular weight excluding hydrogens is 422 g/mol. The number of esters is 1. The number of furan rings is 1. The van der Waals surface area contributed by atoms with E-state index in [0.29, 0.717) is 29.3 Å². The van der Waals surface area contributed by atoms with Gasteiger partial charge in [-0.05, 0) is 42.8 Å². The zero-order chi connectivity index (χ0) is 23.2. The Morgan fingerprint density at radius 1 is 1.09 bits per heavy atom. The number of aryl methyl sites for hydroxylation is 1. The van der Waals surface area contributed by atoms with E-state index < -0.39 is 18.0 Å². The number of benzene rings is 2. The van der Waals surface area contributed by atoms with Gasteiger partial charge in [-0.15, -0.1) is 0 Å². The van der Waals surface area contributed by atoms with E-state index in [2.05, 4.69) is 10.4 Å². The molecule has 33 heavy (non-hydrogen) atoms. The molecule has 8 heteroatoms. The number of aromatic nitrogens is 2. The molecule has 0 saturated heterocycles. The second-order valence-corrected chi connectivity index (χ2v) is 7.36. The summed E-state index contributed by atoms with van der Waals surface area (Å²) in [5.41, 5.74) is 1.96. The average molecular weight is 445 g/mol. The SMILES string of the molecule is COc1ccc(C)cc1NC(=O)C(OC(=O)c1ccc(Cn2cccn2)o1)c1ccccc1. The van der Waals surface area contributed by atoms with Crippen molar-refractivity contribution in [1.82, 2.24) is 9.78 Å². The summed E-state index contributed by atoms with van der Waals surface area (Å²) in [6.45, 7) is 2.28. The Morgan fingerprint density at radius 2 is 1.91 bits per heavy atom. The smallest absolute Gasteiger partial charge is 0.375 e. The van der Waals surface area contributed by atoms with Gasteiger partial charge in [0.05, 0.1) is 19.3 Å². The molecule has 8 nitrogen and oxygen atoms in total. The second-order valence-electron chi connectivity index (χ2n) is 7.36. The van der Waals surface area contributed by atoms with Gasteiger partial charge in [-0.1, -0.05) is 36.4 Å². The fraction of sp³-hybridized carbons (Fsp3) is 0.160. The lowest BCUT2D eigenvalue weighted by Gasteiger charge is -2.19. The van der Waals surface area contributed by atoms with Crippen LogP contribution >= 0.6 is 0 Å². The first kappa shape index (κ1) is 21.9. The predicted octanol–water partition coefficient (Wildman–Crippen LogP) is 4.38. The first-order chi connectivity index (χ1) is 16.0. The van der Waals surface area contributed by atoms with E-state index >= 15 is 0 Å². The predicted molar refractivity (Wildman–Crippen MR) is 121 cm³/mol. The van der Waals surface area contributed by atoms with E-state index in [4.69, 9.17) is 13.9 Å². The molecule has 0 bridgehead atoms. The Bertz CT molecular complexity index is 1230. The van der Waals surface area contributed by atoms with Gasteiger partial charge in [0.15, 0.2) is 0 Å². The average Bonchev–Trinajstić information content (AvgIpc) is 3.51. The molecule has 2 aromatic carbocycles. The van der Waals surface area contributed by atoms with Crippen molar-refractivity contribution in [1.29, 1.82) is 0 Å². The van der Waals surface area contributed by atoms with Gasteiger partial charge in [-0.2, -0.15) is 5.10 Å². The lowest BCUT2D eigenvalue weighted by molar-refractivity contribution is -0.125. The molecule has 1 amide bonds. The van der Waals surface area contributed by atoms with E-state index in [9.17, 15) is 9.59 Å². The van der Waals surface area contributed by atoms with Crippen LogP contribution in [-0.2, 0) is 16.1 Å². The number of nitrogens with one attached hydrogen (secondary N) is 1. The fourth-order valence-electron chi connectivity index (χ4n) is 3.31. The zero-order valence-corrected chi connectivity index (χ0v) is 18.2. The summed E-state index contributed by atoms with van der Waals surface area (Å²) in [6, 6.07) is 19.2. The number of carbonyl (C=O) groups is 2. The molecule has 0 aliphatic heterocycles. The molecule has 0 spiro atoms. The third-order valence-electron chi connectivity index (χ3n) is 4.92. The van der Waals surface area contributed by atoms with Gasteiger partial charge in [-0.25, -0.2) is 4.79 Å². The number of anilines is 1. The number of ether oxygens (including phenoxy) is 2. The second kappa shape index (κ2) is 9.86. The summed E-state index contributed by atoms with van der Waals surface area (Å²) in [5, 5.41) is 6.92. The Kier molecular flexibility index (Phi) is 6.54.